The minimum absolute atomic E-state index is 0.0188. The molecule has 0 unspecified atom stereocenters. The molecule has 0 spiro atoms. The predicted molar refractivity (Wildman–Crippen MR) is 85.5 cm³/mol. The quantitative estimate of drug-likeness (QED) is 0.563. The standard InChI is InChI=1S/C15H17N3O7/c1-2-16(6-5-15(21)22)13(19)8-17-11-7-10(18(23)24)3-4-12(11)25-9-14(17)20/h3-4,7H,2,5-6,8-9H2,1H3,(H,21,22). The average molecular weight is 351 g/mol. The number of non-ortho nitro benzene ring substituents is 1. The first kappa shape index (κ1) is 18.2. The first-order chi connectivity index (χ1) is 11.8. The van der Waals surface area contributed by atoms with Gasteiger partial charge in [0.2, 0.25) is 5.91 Å². The maximum absolute atomic E-state index is 12.4. The molecule has 10 heteroatoms. The van der Waals surface area contributed by atoms with Crippen LogP contribution in [0.3, 0.4) is 0 Å². The molecule has 1 aromatic rings. The van der Waals surface area contributed by atoms with Gasteiger partial charge in [0.05, 0.1) is 17.0 Å². The van der Waals surface area contributed by atoms with Gasteiger partial charge in [-0.15, -0.1) is 0 Å². The van der Waals surface area contributed by atoms with Crippen molar-refractivity contribution in [2.24, 2.45) is 0 Å². The zero-order valence-electron chi connectivity index (χ0n) is 13.5. The Kier molecular flexibility index (Phi) is 5.52. The molecule has 0 bridgehead atoms. The molecule has 1 aliphatic rings. The number of amides is 2. The molecule has 1 aromatic carbocycles. The van der Waals surface area contributed by atoms with Crippen molar-refractivity contribution in [1.82, 2.24) is 4.90 Å². The van der Waals surface area contributed by atoms with Crippen LogP contribution in [0.15, 0.2) is 18.2 Å². The van der Waals surface area contributed by atoms with E-state index in [4.69, 9.17) is 9.84 Å². The smallest absolute Gasteiger partial charge is 0.305 e. The molecule has 2 amide bonds. The molecule has 1 heterocycles. The van der Waals surface area contributed by atoms with Crippen molar-refractivity contribution >= 4 is 29.2 Å². The van der Waals surface area contributed by atoms with Crippen LogP contribution in [-0.2, 0) is 14.4 Å². The molecule has 1 N–H and O–H groups in total. The molecule has 0 aromatic heterocycles. The van der Waals surface area contributed by atoms with Gasteiger partial charge in [-0.3, -0.25) is 29.4 Å². The zero-order valence-corrected chi connectivity index (χ0v) is 13.5. The zero-order chi connectivity index (χ0) is 18.6. The number of likely N-dealkylation sites (N-methyl/N-ethyl adjacent to an activating group) is 1. The number of hydrogen-bond donors (Lipinski definition) is 1. The van der Waals surface area contributed by atoms with Gasteiger partial charge in [-0.25, -0.2) is 0 Å². The van der Waals surface area contributed by atoms with E-state index in [0.717, 1.165) is 4.90 Å². The Morgan fingerprint density at radius 1 is 1.44 bits per heavy atom. The molecule has 0 fully saturated rings. The summed E-state index contributed by atoms with van der Waals surface area (Å²) in [6, 6.07) is 3.80. The minimum Gasteiger partial charge on any atom is -0.482 e. The molecule has 2 rings (SSSR count). The van der Waals surface area contributed by atoms with Crippen molar-refractivity contribution in [1.29, 1.82) is 0 Å². The van der Waals surface area contributed by atoms with Gasteiger partial charge in [0.15, 0.2) is 6.61 Å². The lowest BCUT2D eigenvalue weighted by molar-refractivity contribution is -0.384. The topological polar surface area (TPSA) is 130 Å². The molecule has 0 radical (unpaired) electrons. The summed E-state index contributed by atoms with van der Waals surface area (Å²) in [6.45, 7) is 1.38. The number of rotatable bonds is 7. The number of carboxylic acid groups (broad SMARTS) is 1. The van der Waals surface area contributed by atoms with Crippen LogP contribution in [0.4, 0.5) is 11.4 Å². The minimum atomic E-state index is -1.03. The van der Waals surface area contributed by atoms with Gasteiger partial charge in [-0.05, 0) is 13.0 Å². The van der Waals surface area contributed by atoms with Gasteiger partial charge >= 0.3 is 5.97 Å². The number of fused-ring (bicyclic) bond motifs is 1. The fourth-order valence-electron chi connectivity index (χ4n) is 2.40. The van der Waals surface area contributed by atoms with E-state index in [2.05, 4.69) is 0 Å². The number of nitrogens with zero attached hydrogens (tertiary/aromatic N) is 3. The maximum Gasteiger partial charge on any atom is 0.305 e. The first-order valence-electron chi connectivity index (χ1n) is 7.54. The van der Waals surface area contributed by atoms with Gasteiger partial charge in [0.1, 0.15) is 12.3 Å². The van der Waals surface area contributed by atoms with Crippen molar-refractivity contribution in [3.05, 3.63) is 28.3 Å². The molecule has 10 nitrogen and oxygen atoms in total. The molecule has 25 heavy (non-hydrogen) atoms. The second-order valence-electron chi connectivity index (χ2n) is 5.29. The molecule has 134 valence electrons. The highest BCUT2D eigenvalue weighted by Gasteiger charge is 2.30. The van der Waals surface area contributed by atoms with E-state index in [1.54, 1.807) is 6.92 Å². The Hall–Kier alpha value is -3.17. The summed E-state index contributed by atoms with van der Waals surface area (Å²) in [5.74, 6) is -1.71. The third-order valence-electron chi connectivity index (χ3n) is 3.72. The number of carboxylic acids is 1. The molecular formula is C15H17N3O7. The van der Waals surface area contributed by atoms with Gasteiger partial charge in [-0.1, -0.05) is 0 Å². The highest BCUT2D eigenvalue weighted by atomic mass is 16.6. The Labute approximate surface area is 142 Å². The van der Waals surface area contributed by atoms with E-state index < -0.39 is 22.7 Å². The second-order valence-corrected chi connectivity index (χ2v) is 5.29. The van der Waals surface area contributed by atoms with Crippen LogP contribution >= 0.6 is 0 Å². The second kappa shape index (κ2) is 7.60. The third-order valence-corrected chi connectivity index (χ3v) is 3.72. The van der Waals surface area contributed by atoms with Crippen molar-refractivity contribution in [2.75, 3.05) is 31.1 Å². The van der Waals surface area contributed by atoms with E-state index in [0.29, 0.717) is 0 Å². The normalized spacial score (nSPS) is 13.0. The fraction of sp³-hybridized carbons (Fsp3) is 0.400. The van der Waals surface area contributed by atoms with Crippen molar-refractivity contribution < 1.29 is 29.2 Å². The molecule has 1 aliphatic heterocycles. The van der Waals surface area contributed by atoms with Crippen molar-refractivity contribution in [2.45, 2.75) is 13.3 Å². The number of carbonyl (C=O) groups is 3. The first-order valence-corrected chi connectivity index (χ1v) is 7.54. The number of nitro groups is 1. The summed E-state index contributed by atoms with van der Waals surface area (Å²) < 4.78 is 5.23. The third kappa shape index (κ3) is 4.22. The van der Waals surface area contributed by atoms with Crippen LogP contribution in [-0.4, -0.2) is 59.0 Å². The summed E-state index contributed by atoms with van der Waals surface area (Å²) in [5, 5.41) is 19.7. The number of hydrogen-bond acceptors (Lipinski definition) is 6. The lowest BCUT2D eigenvalue weighted by Gasteiger charge is -2.30. The lowest BCUT2D eigenvalue weighted by atomic mass is 10.2. The number of carbonyl (C=O) groups excluding carboxylic acids is 2. The van der Waals surface area contributed by atoms with Crippen LogP contribution in [0.25, 0.3) is 0 Å². The van der Waals surface area contributed by atoms with Crippen LogP contribution in [0.2, 0.25) is 0 Å². The van der Waals surface area contributed by atoms with E-state index in [-0.39, 0.29) is 49.8 Å². The van der Waals surface area contributed by atoms with E-state index in [1.807, 2.05) is 0 Å². The van der Waals surface area contributed by atoms with Gasteiger partial charge in [0, 0.05) is 25.2 Å². The van der Waals surface area contributed by atoms with Crippen LogP contribution < -0.4 is 9.64 Å². The Morgan fingerprint density at radius 2 is 2.16 bits per heavy atom. The van der Waals surface area contributed by atoms with Crippen molar-refractivity contribution in [3.8, 4) is 5.75 Å². The molecule has 0 aliphatic carbocycles. The van der Waals surface area contributed by atoms with E-state index in [9.17, 15) is 24.5 Å². The summed E-state index contributed by atoms with van der Waals surface area (Å²) in [4.78, 5) is 47.9. The summed E-state index contributed by atoms with van der Waals surface area (Å²) in [6.07, 6.45) is -0.210. The summed E-state index contributed by atoms with van der Waals surface area (Å²) in [5.41, 5.74) is -0.0826. The largest absolute Gasteiger partial charge is 0.482 e. The summed E-state index contributed by atoms with van der Waals surface area (Å²) >= 11 is 0. The van der Waals surface area contributed by atoms with Gasteiger partial charge in [0.25, 0.3) is 11.6 Å². The van der Waals surface area contributed by atoms with Gasteiger partial charge in [-0.2, -0.15) is 0 Å². The molecule has 0 saturated heterocycles. The highest BCUT2D eigenvalue weighted by molar-refractivity contribution is 6.02. The van der Waals surface area contributed by atoms with Crippen LogP contribution in [0.1, 0.15) is 13.3 Å². The number of benzene rings is 1. The fourth-order valence-corrected chi connectivity index (χ4v) is 2.40. The Balaban J connectivity index is 2.22. The molecular weight excluding hydrogens is 334 g/mol. The van der Waals surface area contributed by atoms with Crippen LogP contribution in [0, 0.1) is 10.1 Å². The maximum atomic E-state index is 12.4. The molecule has 0 saturated carbocycles. The Bertz CT molecular complexity index is 719. The van der Waals surface area contributed by atoms with Crippen LogP contribution in [0.5, 0.6) is 5.75 Å². The van der Waals surface area contributed by atoms with E-state index in [1.165, 1.54) is 23.1 Å². The predicted octanol–water partition coefficient (Wildman–Crippen LogP) is 0.643. The van der Waals surface area contributed by atoms with Crippen molar-refractivity contribution in [3.63, 3.8) is 0 Å². The van der Waals surface area contributed by atoms with E-state index >= 15 is 0 Å². The lowest BCUT2D eigenvalue weighted by Crippen LogP contribution is -2.46. The van der Waals surface area contributed by atoms with Gasteiger partial charge < -0.3 is 14.7 Å². The summed E-state index contributed by atoms with van der Waals surface area (Å²) in [7, 11) is 0. The number of nitro benzene ring substituents is 1. The highest BCUT2D eigenvalue weighted by Crippen LogP contribution is 2.35. The number of anilines is 1. The monoisotopic (exact) mass is 351 g/mol. The SMILES string of the molecule is CCN(CCC(=O)O)C(=O)CN1C(=O)COc2ccc([N+](=O)[O-])cc21. The Morgan fingerprint density at radius 3 is 2.76 bits per heavy atom. The average Bonchev–Trinajstić information content (AvgIpc) is 2.57. The number of aliphatic carboxylic acids is 1. The molecule has 0 atom stereocenters. The number of ether oxygens (including phenoxy) is 1.